The first-order chi connectivity index (χ1) is 11.2. The molecular weight excluding hydrogens is 339 g/mol. The van der Waals surface area contributed by atoms with E-state index in [0.717, 1.165) is 25.7 Å². The smallest absolute Gasteiger partial charge is 0.341 e. The van der Waals surface area contributed by atoms with Gasteiger partial charge < -0.3 is 21.7 Å². The Morgan fingerprint density at radius 2 is 1.33 bits per heavy atom. The first kappa shape index (κ1) is 22.2. The molecule has 0 aliphatic carbocycles. The van der Waals surface area contributed by atoms with Gasteiger partial charge in [0.2, 0.25) is 5.82 Å². The number of carboxylic acid groups (broad SMARTS) is 1. The number of halogens is 5. The van der Waals surface area contributed by atoms with Crippen LogP contribution in [0.25, 0.3) is 0 Å². The third kappa shape index (κ3) is 6.38. The Kier molecular flexibility index (Phi) is 10.1. The zero-order valence-corrected chi connectivity index (χ0v) is 12.7. The molecule has 1 aromatic rings. The number of nitrogens with two attached hydrogens (primary N) is 2. The topological polar surface area (TPSA) is 110 Å². The predicted molar refractivity (Wildman–Crippen MR) is 75.8 cm³/mol. The first-order valence-electron chi connectivity index (χ1n) is 7.00. The summed E-state index contributed by atoms with van der Waals surface area (Å²) >= 11 is 0. The molecular formula is C14H19F5N2O3. The summed E-state index contributed by atoms with van der Waals surface area (Å²) in [4.78, 5) is 10.1. The van der Waals surface area contributed by atoms with Crippen LogP contribution in [-0.2, 0) is 0 Å². The number of aliphatic hydroxyl groups is 1. The molecule has 1 aromatic carbocycles. The zero-order chi connectivity index (χ0) is 18.9. The summed E-state index contributed by atoms with van der Waals surface area (Å²) in [6, 6.07) is 0.232. The Bertz CT molecular complexity index is 521. The summed E-state index contributed by atoms with van der Waals surface area (Å²) in [6.07, 6.45) is 3.70. The molecule has 0 fully saturated rings. The summed E-state index contributed by atoms with van der Waals surface area (Å²) in [5.41, 5.74) is 9.12. The molecule has 138 valence electrons. The van der Waals surface area contributed by atoms with Crippen LogP contribution in [0.3, 0.4) is 0 Å². The van der Waals surface area contributed by atoms with E-state index in [1.807, 2.05) is 0 Å². The van der Waals surface area contributed by atoms with E-state index >= 15 is 0 Å². The van der Waals surface area contributed by atoms with Gasteiger partial charge in [-0.05, 0) is 32.2 Å². The van der Waals surface area contributed by atoms with E-state index in [1.54, 1.807) is 0 Å². The Balaban J connectivity index is 0.000000470. The number of hydrogen-bond acceptors (Lipinski definition) is 4. The fraction of sp³-hybridized carbons (Fsp3) is 0.500. The monoisotopic (exact) mass is 358 g/mol. The lowest BCUT2D eigenvalue weighted by atomic mass is 10.1. The van der Waals surface area contributed by atoms with Crippen molar-refractivity contribution < 1.29 is 37.0 Å². The van der Waals surface area contributed by atoms with Gasteiger partial charge in [-0.25, -0.2) is 26.7 Å². The van der Waals surface area contributed by atoms with Gasteiger partial charge >= 0.3 is 5.97 Å². The van der Waals surface area contributed by atoms with Crippen LogP contribution >= 0.6 is 0 Å². The molecule has 24 heavy (non-hydrogen) atoms. The average Bonchev–Trinajstić information content (AvgIpc) is 2.54. The van der Waals surface area contributed by atoms with Gasteiger partial charge in [0, 0.05) is 12.6 Å². The largest absolute Gasteiger partial charge is 0.477 e. The molecule has 0 spiro atoms. The highest BCUT2D eigenvalue weighted by atomic mass is 19.2. The minimum absolute atomic E-state index is 0.232. The molecule has 0 aliphatic heterocycles. The van der Waals surface area contributed by atoms with Crippen LogP contribution in [0, 0.1) is 29.1 Å². The molecule has 10 heteroatoms. The van der Waals surface area contributed by atoms with E-state index in [2.05, 4.69) is 0 Å². The van der Waals surface area contributed by atoms with Crippen molar-refractivity contribution in [2.24, 2.45) is 11.5 Å². The van der Waals surface area contributed by atoms with Crippen LogP contribution in [0.5, 0.6) is 0 Å². The first-order valence-corrected chi connectivity index (χ1v) is 7.00. The number of aromatic carboxylic acids is 1. The second-order valence-corrected chi connectivity index (χ2v) is 4.81. The zero-order valence-electron chi connectivity index (χ0n) is 12.7. The third-order valence-electron chi connectivity index (χ3n) is 2.94. The van der Waals surface area contributed by atoms with Gasteiger partial charge in [0.05, 0.1) is 0 Å². The van der Waals surface area contributed by atoms with Gasteiger partial charge in [-0.2, -0.15) is 0 Å². The fourth-order valence-corrected chi connectivity index (χ4v) is 1.67. The van der Waals surface area contributed by atoms with E-state index < -0.39 is 40.6 Å². The van der Waals surface area contributed by atoms with Gasteiger partial charge in [-0.3, -0.25) is 0 Å². The molecule has 6 N–H and O–H groups in total. The summed E-state index contributed by atoms with van der Waals surface area (Å²) < 4.78 is 62.1. The number of benzene rings is 1. The fourth-order valence-electron chi connectivity index (χ4n) is 1.67. The molecule has 0 saturated heterocycles. The second-order valence-electron chi connectivity index (χ2n) is 4.81. The Hall–Kier alpha value is -1.78. The lowest BCUT2D eigenvalue weighted by Gasteiger charge is -2.08. The maximum Gasteiger partial charge on any atom is 0.341 e. The van der Waals surface area contributed by atoms with Crippen LogP contribution < -0.4 is 11.5 Å². The maximum atomic E-state index is 12.6. The van der Waals surface area contributed by atoms with Crippen molar-refractivity contribution in [3.63, 3.8) is 0 Å². The molecule has 0 aliphatic rings. The number of carboxylic acids is 1. The molecule has 0 aromatic heterocycles. The Morgan fingerprint density at radius 3 is 1.71 bits per heavy atom. The molecule has 0 bridgehead atoms. The SMILES string of the molecule is NCCCC(N)CCCO.O=C(O)c1c(F)c(F)c(F)c(F)c1F. The minimum Gasteiger partial charge on any atom is -0.477 e. The van der Waals surface area contributed by atoms with E-state index in [4.69, 9.17) is 21.7 Å². The molecule has 0 saturated carbocycles. The van der Waals surface area contributed by atoms with Crippen molar-refractivity contribution in [2.75, 3.05) is 13.2 Å². The van der Waals surface area contributed by atoms with Crippen LogP contribution in [0.2, 0.25) is 0 Å². The maximum absolute atomic E-state index is 12.6. The third-order valence-corrected chi connectivity index (χ3v) is 2.94. The molecule has 0 radical (unpaired) electrons. The van der Waals surface area contributed by atoms with Gasteiger partial charge in [-0.15, -0.1) is 0 Å². The van der Waals surface area contributed by atoms with Crippen LogP contribution in [0.1, 0.15) is 36.0 Å². The molecule has 1 unspecified atom stereocenters. The molecule has 5 nitrogen and oxygen atoms in total. The quantitative estimate of drug-likeness (QED) is 0.338. The van der Waals surface area contributed by atoms with Crippen molar-refractivity contribution in [3.8, 4) is 0 Å². The van der Waals surface area contributed by atoms with E-state index in [-0.39, 0.29) is 12.6 Å². The van der Waals surface area contributed by atoms with E-state index in [0.29, 0.717) is 6.54 Å². The summed E-state index contributed by atoms with van der Waals surface area (Å²) in [5, 5.41) is 16.6. The summed E-state index contributed by atoms with van der Waals surface area (Å²) in [7, 11) is 0. The van der Waals surface area contributed by atoms with Crippen molar-refractivity contribution in [1.82, 2.24) is 0 Å². The average molecular weight is 358 g/mol. The van der Waals surface area contributed by atoms with Crippen molar-refractivity contribution in [2.45, 2.75) is 31.7 Å². The van der Waals surface area contributed by atoms with Gasteiger partial charge in [0.15, 0.2) is 23.3 Å². The summed E-state index contributed by atoms with van der Waals surface area (Å²) in [5.74, 6) is -13.9. The molecule has 0 heterocycles. The van der Waals surface area contributed by atoms with Crippen LogP contribution in [0.4, 0.5) is 22.0 Å². The highest BCUT2D eigenvalue weighted by Crippen LogP contribution is 2.22. The van der Waals surface area contributed by atoms with Gasteiger partial charge in [-0.1, -0.05) is 0 Å². The Labute approximate surface area is 135 Å². The molecule has 1 atom stereocenters. The van der Waals surface area contributed by atoms with Crippen LogP contribution in [-0.4, -0.2) is 35.4 Å². The van der Waals surface area contributed by atoms with E-state index in [9.17, 15) is 26.7 Å². The van der Waals surface area contributed by atoms with Crippen molar-refractivity contribution in [1.29, 1.82) is 0 Å². The molecule has 0 amide bonds. The highest BCUT2D eigenvalue weighted by Gasteiger charge is 2.29. The second kappa shape index (κ2) is 10.9. The Morgan fingerprint density at radius 1 is 0.917 bits per heavy atom. The lowest BCUT2D eigenvalue weighted by molar-refractivity contribution is 0.0682. The minimum atomic E-state index is -2.38. The van der Waals surface area contributed by atoms with Gasteiger partial charge in [0.25, 0.3) is 0 Å². The molecule has 1 rings (SSSR count). The van der Waals surface area contributed by atoms with Gasteiger partial charge in [0.1, 0.15) is 5.56 Å². The van der Waals surface area contributed by atoms with Crippen molar-refractivity contribution in [3.05, 3.63) is 34.6 Å². The number of hydrogen-bond donors (Lipinski definition) is 4. The van der Waals surface area contributed by atoms with Crippen molar-refractivity contribution >= 4 is 5.97 Å². The lowest BCUT2D eigenvalue weighted by Crippen LogP contribution is -2.21. The number of carbonyl (C=O) groups is 1. The normalized spacial score (nSPS) is 11.7. The number of aliphatic hydroxyl groups excluding tert-OH is 1. The predicted octanol–water partition coefficient (Wildman–Crippen LogP) is 1.91. The summed E-state index contributed by atoms with van der Waals surface area (Å²) in [6.45, 7) is 0.961. The number of rotatable bonds is 7. The van der Waals surface area contributed by atoms with Crippen LogP contribution in [0.15, 0.2) is 0 Å². The van der Waals surface area contributed by atoms with E-state index in [1.165, 1.54) is 0 Å². The highest BCUT2D eigenvalue weighted by molar-refractivity contribution is 5.88. The standard InChI is InChI=1S/C7HF5O2.C7H18N2O/c8-2-1(7(13)14)3(9)5(11)6(12)4(2)10;8-5-1-3-7(9)4-2-6-10/h(H,13,14);7,10H,1-6,8-9H2.